The van der Waals surface area contributed by atoms with E-state index in [1.807, 2.05) is 24.3 Å². The number of pyridine rings is 1. The first-order valence-corrected chi connectivity index (χ1v) is 23.7. The third-order valence-corrected chi connectivity index (χ3v) is 15.2. The molecule has 2 aromatic carbocycles. The number of carbonyl (C=O) groups is 1. The van der Waals surface area contributed by atoms with Gasteiger partial charge in [-0.2, -0.15) is 0 Å². The molecule has 3 fully saturated rings. The van der Waals surface area contributed by atoms with Crippen molar-refractivity contribution >= 4 is 45.0 Å². The van der Waals surface area contributed by atoms with Crippen LogP contribution in [0.15, 0.2) is 88.6 Å². The quantitative estimate of drug-likeness (QED) is 0.0824. The van der Waals surface area contributed by atoms with Gasteiger partial charge in [0.1, 0.15) is 22.8 Å². The Hall–Kier alpha value is -5.19. The highest BCUT2D eigenvalue weighted by molar-refractivity contribution is 7.83. The third-order valence-electron chi connectivity index (χ3n) is 14.2. The molecule has 1 amide bonds. The van der Waals surface area contributed by atoms with E-state index in [-0.39, 0.29) is 27.3 Å². The maximum atomic E-state index is 13.9. The number of fused-ring (bicyclic) bond motifs is 1. The summed E-state index contributed by atoms with van der Waals surface area (Å²) in [5.74, 6) is -0.200. The van der Waals surface area contributed by atoms with Crippen LogP contribution in [-0.4, -0.2) is 88.8 Å². The number of amides is 1. The molecule has 4 heterocycles. The van der Waals surface area contributed by atoms with Crippen molar-refractivity contribution in [3.05, 3.63) is 99.4 Å². The summed E-state index contributed by atoms with van der Waals surface area (Å²) in [6.45, 7) is 10.6. The van der Waals surface area contributed by atoms with Gasteiger partial charge in [0, 0.05) is 87.8 Å². The lowest BCUT2D eigenvalue weighted by Gasteiger charge is -2.50. The number of hydrogen-bond acceptors (Lipinski definition) is 10. The van der Waals surface area contributed by atoms with Gasteiger partial charge in [-0.25, -0.2) is 18.0 Å². The predicted molar refractivity (Wildman–Crippen MR) is 243 cm³/mol. The van der Waals surface area contributed by atoms with Gasteiger partial charge < -0.3 is 24.7 Å². The predicted octanol–water partition coefficient (Wildman–Crippen LogP) is 9.56. The molecule has 1 spiro atoms. The van der Waals surface area contributed by atoms with E-state index in [1.54, 1.807) is 24.5 Å². The van der Waals surface area contributed by atoms with E-state index < -0.39 is 34.2 Å². The standard InChI is InChI=1S/C48H57F2N7O6S/c1-47(2)11-9-35(40(27-47)32-3-4-33(21-32)44(49)50)30-55-15-17-56(18-16-55)36-5-7-39(43(23-36)63-37-22-34-10-14-51-45(34)53-29-37)46(58)54-64(61)38-6-8-41(42(24-38)57(59)60)52-28-31-25-48(26-31)12-19-62-20-13-48/h3,5-8,10,14,22-24,29,31,33,44,52H,4,9,11-13,15-21,25-28,30H2,1-2H3,(H,51,53)(H,54,58). The molecule has 3 aliphatic carbocycles. The van der Waals surface area contributed by atoms with E-state index in [2.05, 4.69) is 49.7 Å². The smallest absolute Gasteiger partial charge is 0.293 e. The molecule has 64 heavy (non-hydrogen) atoms. The van der Waals surface area contributed by atoms with Gasteiger partial charge >= 0.3 is 0 Å². The number of aromatic amines is 1. The number of hydrogen-bond donors (Lipinski definition) is 3. The number of nitro groups is 1. The van der Waals surface area contributed by atoms with E-state index >= 15 is 0 Å². The molecule has 5 aliphatic rings. The van der Waals surface area contributed by atoms with Crippen LogP contribution in [0.25, 0.3) is 11.0 Å². The Morgan fingerprint density at radius 2 is 1.88 bits per heavy atom. The summed E-state index contributed by atoms with van der Waals surface area (Å²) in [6.07, 6.45) is 11.2. The summed E-state index contributed by atoms with van der Waals surface area (Å²) in [6, 6.07) is 13.3. The molecule has 3 N–H and O–H groups in total. The lowest BCUT2D eigenvalue weighted by molar-refractivity contribution is -0.384. The van der Waals surface area contributed by atoms with Crippen LogP contribution in [0.3, 0.4) is 0 Å². The van der Waals surface area contributed by atoms with E-state index in [1.165, 1.54) is 23.3 Å². The largest absolute Gasteiger partial charge is 0.455 e. The molecule has 0 radical (unpaired) electrons. The minimum Gasteiger partial charge on any atom is -0.455 e. The first kappa shape index (κ1) is 44.0. The fourth-order valence-electron chi connectivity index (χ4n) is 10.4. The number of H-pyrrole nitrogens is 1. The molecule has 340 valence electrons. The van der Waals surface area contributed by atoms with Crippen molar-refractivity contribution in [3.8, 4) is 11.5 Å². The number of carbonyl (C=O) groups excluding carboxylic acids is 1. The number of nitrogens with zero attached hydrogens (tertiary/aromatic N) is 4. The molecule has 2 unspecified atom stereocenters. The zero-order chi connectivity index (χ0) is 44.6. The van der Waals surface area contributed by atoms with Crippen LogP contribution in [0.2, 0.25) is 0 Å². The van der Waals surface area contributed by atoms with E-state index in [0.29, 0.717) is 47.8 Å². The second-order valence-corrected chi connectivity index (χ2v) is 20.4. The lowest BCUT2D eigenvalue weighted by Crippen LogP contribution is -2.47. The fourth-order valence-corrected chi connectivity index (χ4v) is 11.3. The van der Waals surface area contributed by atoms with Crippen molar-refractivity contribution in [3.63, 3.8) is 0 Å². The van der Waals surface area contributed by atoms with Crippen molar-refractivity contribution in [2.75, 3.05) is 62.7 Å². The zero-order valence-electron chi connectivity index (χ0n) is 36.5. The number of allylic oxidation sites excluding steroid dienone is 3. The summed E-state index contributed by atoms with van der Waals surface area (Å²) in [4.78, 5) is 37.9. The second-order valence-electron chi connectivity index (χ2n) is 19.2. The number of benzene rings is 2. The average molecular weight is 898 g/mol. The number of anilines is 2. The van der Waals surface area contributed by atoms with Crippen LogP contribution in [0, 0.1) is 32.8 Å². The van der Waals surface area contributed by atoms with E-state index in [0.717, 1.165) is 108 Å². The molecular weight excluding hydrogens is 841 g/mol. The Bertz CT molecular complexity index is 2480. The van der Waals surface area contributed by atoms with Crippen molar-refractivity contribution in [1.29, 1.82) is 0 Å². The normalized spacial score (nSPS) is 21.8. The monoisotopic (exact) mass is 897 g/mol. The highest BCUT2D eigenvalue weighted by Gasteiger charge is 2.44. The molecule has 9 rings (SSSR count). The van der Waals surface area contributed by atoms with Crippen molar-refractivity contribution in [2.45, 2.75) is 83.0 Å². The molecule has 16 heteroatoms. The molecule has 2 aromatic heterocycles. The molecule has 2 saturated heterocycles. The number of aromatic nitrogens is 2. The summed E-state index contributed by atoms with van der Waals surface area (Å²) >= 11 is 0. The molecule has 2 atom stereocenters. The number of halogens is 2. The highest BCUT2D eigenvalue weighted by atomic mass is 32.2. The summed E-state index contributed by atoms with van der Waals surface area (Å²) in [5, 5.41) is 16.3. The second kappa shape index (κ2) is 18.4. The van der Waals surface area contributed by atoms with Crippen LogP contribution in [0.4, 0.5) is 25.8 Å². The van der Waals surface area contributed by atoms with Crippen LogP contribution >= 0.6 is 0 Å². The minimum absolute atomic E-state index is 0.0895. The van der Waals surface area contributed by atoms with Gasteiger partial charge in [0.05, 0.1) is 21.6 Å². The first-order valence-electron chi connectivity index (χ1n) is 22.5. The van der Waals surface area contributed by atoms with Crippen LogP contribution in [-0.2, 0) is 15.7 Å². The molecule has 2 aliphatic heterocycles. The van der Waals surface area contributed by atoms with E-state index in [4.69, 9.17) is 9.47 Å². The summed E-state index contributed by atoms with van der Waals surface area (Å²) in [5.41, 5.74) is 6.06. The lowest BCUT2D eigenvalue weighted by atomic mass is 9.58. The highest BCUT2D eigenvalue weighted by Crippen LogP contribution is 2.52. The van der Waals surface area contributed by atoms with Gasteiger partial charge in [0.15, 0.2) is 11.0 Å². The maximum absolute atomic E-state index is 13.9. The number of rotatable bonds is 14. The van der Waals surface area contributed by atoms with Crippen molar-refractivity contribution in [1.82, 2.24) is 19.6 Å². The zero-order valence-corrected chi connectivity index (χ0v) is 37.3. The molecule has 0 bridgehead atoms. The Morgan fingerprint density at radius 1 is 1.08 bits per heavy atom. The molecule has 13 nitrogen and oxygen atoms in total. The van der Waals surface area contributed by atoms with Gasteiger partial charge in [0.2, 0.25) is 6.43 Å². The Labute approximate surface area is 374 Å². The average Bonchev–Trinajstić information content (AvgIpc) is 3.97. The number of nitro benzene ring substituents is 1. The minimum atomic E-state index is -2.30. The summed E-state index contributed by atoms with van der Waals surface area (Å²) < 4.78 is 55.4. The molecule has 1 saturated carbocycles. The maximum Gasteiger partial charge on any atom is 0.293 e. The number of ether oxygens (including phenoxy) is 2. The summed E-state index contributed by atoms with van der Waals surface area (Å²) in [7, 11) is -2.13. The SMILES string of the molecule is CC1(C)CCC(CN2CCN(c3ccc(C(=O)NS(=O)c4ccc(NCC5CC6(CCOCC6)C5)c([N+](=O)[O-])c4)c(Oc4cnc5[nH]ccc5c4)c3)CC2)=C(C2=CCC(C(F)F)C2)C1. The number of nitrogens with one attached hydrogen (secondary N) is 3. The van der Waals surface area contributed by atoms with Gasteiger partial charge in [-0.05, 0) is 122 Å². The number of alkyl halides is 2. The van der Waals surface area contributed by atoms with Gasteiger partial charge in [-0.15, -0.1) is 0 Å². The number of piperazine rings is 1. The van der Waals surface area contributed by atoms with Gasteiger partial charge in [-0.1, -0.05) is 25.5 Å². The Morgan fingerprint density at radius 3 is 2.62 bits per heavy atom. The van der Waals surface area contributed by atoms with Gasteiger partial charge in [0.25, 0.3) is 11.6 Å². The Kier molecular flexibility index (Phi) is 12.6. The van der Waals surface area contributed by atoms with Crippen LogP contribution in [0.1, 0.15) is 82.0 Å². The van der Waals surface area contributed by atoms with E-state index in [9.17, 15) is 27.9 Å². The van der Waals surface area contributed by atoms with Gasteiger partial charge in [-0.3, -0.25) is 24.5 Å². The van der Waals surface area contributed by atoms with Crippen molar-refractivity contribution in [2.24, 2.45) is 22.7 Å². The molecule has 4 aromatic rings. The Balaban J connectivity index is 0.883. The molecular formula is C48H57F2N7O6S. The third kappa shape index (κ3) is 9.74. The fraction of sp³-hybridized carbons (Fsp3) is 0.500. The van der Waals surface area contributed by atoms with Crippen LogP contribution < -0.4 is 19.7 Å². The van der Waals surface area contributed by atoms with Crippen LogP contribution in [0.5, 0.6) is 11.5 Å². The topological polar surface area (TPSA) is 155 Å². The first-order chi connectivity index (χ1) is 30.8. The van der Waals surface area contributed by atoms with Crippen molar-refractivity contribution < 1.29 is 32.2 Å².